The molecule has 6 aromatic rings. The third-order valence-electron chi connectivity index (χ3n) is 7.23. The van der Waals surface area contributed by atoms with Crippen molar-refractivity contribution in [3.05, 3.63) is 107 Å². The zero-order chi connectivity index (χ0) is 29.1. The smallest absolute Gasteiger partial charge is 0.187 e. The number of nitrogens with one attached hydrogen (secondary N) is 2. The second kappa shape index (κ2) is 11.7. The highest BCUT2D eigenvalue weighted by atomic mass is 16.3. The number of aromatic amines is 2. The molecule has 9 nitrogen and oxygen atoms in total. The van der Waals surface area contributed by atoms with E-state index >= 15 is 0 Å². The SMILES string of the molecule is [C-]#[N+]c1ccc(-c2nc3ccc(C(=O)Cc4ccc5nc(-c6ccc(N(CCO)CCO)cc6)[nH]c5c4)cc3[nH]2)cc1. The monoisotopic (exact) mass is 556 g/mol. The van der Waals surface area contributed by atoms with Gasteiger partial charge in [0, 0.05) is 41.9 Å². The predicted molar refractivity (Wildman–Crippen MR) is 164 cm³/mol. The number of Topliss-reactive ketones (excluding diaryl/α,β-unsaturated/α-hetero) is 1. The highest BCUT2D eigenvalue weighted by molar-refractivity contribution is 6.00. The molecule has 0 bridgehead atoms. The highest BCUT2D eigenvalue weighted by Gasteiger charge is 2.13. The minimum Gasteiger partial charge on any atom is -0.395 e. The van der Waals surface area contributed by atoms with E-state index in [1.807, 2.05) is 71.6 Å². The van der Waals surface area contributed by atoms with Crippen LogP contribution >= 0.6 is 0 Å². The average molecular weight is 557 g/mol. The fraction of sp³-hybridized carbons (Fsp3) is 0.152. The van der Waals surface area contributed by atoms with Crippen molar-refractivity contribution in [3.63, 3.8) is 0 Å². The Morgan fingerprint density at radius 2 is 1.33 bits per heavy atom. The molecule has 6 rings (SSSR count). The fourth-order valence-electron chi connectivity index (χ4n) is 5.05. The van der Waals surface area contributed by atoms with Crippen molar-refractivity contribution in [2.45, 2.75) is 6.42 Å². The van der Waals surface area contributed by atoms with E-state index in [1.54, 1.807) is 18.2 Å². The van der Waals surface area contributed by atoms with Gasteiger partial charge in [0.1, 0.15) is 11.6 Å². The molecule has 0 fully saturated rings. The molecule has 0 saturated heterocycles. The number of anilines is 1. The minimum atomic E-state index is -0.000509. The summed E-state index contributed by atoms with van der Waals surface area (Å²) >= 11 is 0. The standard InChI is InChI=1S/C33H28N6O3/c1-34-25-8-3-22(4-9-25)32-36-28-13-7-24(20-30(28)38-32)31(42)19-21-2-12-27-29(18-21)37-33(35-27)23-5-10-26(11-6-23)39(14-16-40)15-17-41/h2-13,18,20,40-41H,14-17,19H2,(H,35,37)(H,36,38). The summed E-state index contributed by atoms with van der Waals surface area (Å²) in [4.78, 5) is 34.6. The molecule has 2 heterocycles. The molecule has 0 radical (unpaired) electrons. The number of aliphatic hydroxyl groups is 2. The Bertz CT molecular complexity index is 1910. The molecule has 2 aromatic heterocycles. The number of rotatable bonds is 10. The molecule has 9 heteroatoms. The molecule has 0 saturated carbocycles. The van der Waals surface area contributed by atoms with Crippen LogP contribution in [-0.2, 0) is 6.42 Å². The Labute approximate surface area is 241 Å². The van der Waals surface area contributed by atoms with Gasteiger partial charge < -0.3 is 25.1 Å². The van der Waals surface area contributed by atoms with Crippen LogP contribution in [0.2, 0.25) is 0 Å². The van der Waals surface area contributed by atoms with Crippen LogP contribution in [0.3, 0.4) is 0 Å². The van der Waals surface area contributed by atoms with Gasteiger partial charge in [0.05, 0.1) is 41.9 Å². The number of carbonyl (C=O) groups excluding carboxylic acids is 1. The molecule has 0 unspecified atom stereocenters. The van der Waals surface area contributed by atoms with Gasteiger partial charge in [0.25, 0.3) is 0 Å². The average Bonchev–Trinajstić information content (AvgIpc) is 3.65. The van der Waals surface area contributed by atoms with E-state index in [4.69, 9.17) is 11.6 Å². The second-order valence-corrected chi connectivity index (χ2v) is 9.99. The van der Waals surface area contributed by atoms with E-state index < -0.39 is 0 Å². The summed E-state index contributed by atoms with van der Waals surface area (Å²) in [6, 6.07) is 26.3. The lowest BCUT2D eigenvalue weighted by Gasteiger charge is -2.22. The molecule has 0 amide bonds. The number of aromatic nitrogens is 4. The van der Waals surface area contributed by atoms with Gasteiger partial charge in [-0.1, -0.05) is 30.3 Å². The Morgan fingerprint density at radius 1 is 0.762 bits per heavy atom. The van der Waals surface area contributed by atoms with Crippen molar-refractivity contribution in [3.8, 4) is 22.8 Å². The van der Waals surface area contributed by atoms with Crippen molar-refractivity contribution in [2.75, 3.05) is 31.2 Å². The molecule has 0 aliphatic carbocycles. The molecule has 208 valence electrons. The zero-order valence-corrected chi connectivity index (χ0v) is 22.7. The van der Waals surface area contributed by atoms with Crippen molar-refractivity contribution >= 4 is 39.2 Å². The summed E-state index contributed by atoms with van der Waals surface area (Å²) in [7, 11) is 0. The molecule has 0 spiro atoms. The summed E-state index contributed by atoms with van der Waals surface area (Å²) in [6.45, 7) is 8.03. The van der Waals surface area contributed by atoms with Crippen molar-refractivity contribution < 1.29 is 15.0 Å². The van der Waals surface area contributed by atoms with Gasteiger partial charge in [-0.15, -0.1) is 0 Å². The molecule has 0 atom stereocenters. The lowest BCUT2D eigenvalue weighted by atomic mass is 10.0. The summed E-state index contributed by atoms with van der Waals surface area (Å²) < 4.78 is 0. The van der Waals surface area contributed by atoms with Crippen LogP contribution in [0.5, 0.6) is 0 Å². The number of imidazole rings is 2. The van der Waals surface area contributed by atoms with Crippen LogP contribution < -0.4 is 4.90 Å². The van der Waals surface area contributed by atoms with Crippen molar-refractivity contribution in [1.82, 2.24) is 19.9 Å². The van der Waals surface area contributed by atoms with Gasteiger partial charge in [-0.2, -0.15) is 0 Å². The maximum atomic E-state index is 13.2. The molecular formula is C33H28N6O3. The summed E-state index contributed by atoms with van der Waals surface area (Å²) in [6.07, 6.45) is 0.245. The normalized spacial score (nSPS) is 11.2. The number of carbonyl (C=O) groups is 1. The van der Waals surface area contributed by atoms with Gasteiger partial charge in [0.2, 0.25) is 0 Å². The minimum absolute atomic E-state index is 0.000509. The third-order valence-corrected chi connectivity index (χ3v) is 7.23. The fourth-order valence-corrected chi connectivity index (χ4v) is 5.05. The van der Waals surface area contributed by atoms with Gasteiger partial charge >= 0.3 is 0 Å². The molecular weight excluding hydrogens is 528 g/mol. The van der Waals surface area contributed by atoms with E-state index in [9.17, 15) is 15.0 Å². The van der Waals surface area contributed by atoms with Gasteiger partial charge in [-0.05, 0) is 60.2 Å². The second-order valence-electron chi connectivity index (χ2n) is 9.99. The number of fused-ring (bicyclic) bond motifs is 2. The molecule has 0 aliphatic heterocycles. The highest BCUT2D eigenvalue weighted by Crippen LogP contribution is 2.26. The number of H-pyrrole nitrogens is 2. The molecule has 4 aromatic carbocycles. The van der Waals surface area contributed by atoms with Gasteiger partial charge in [-0.3, -0.25) is 4.79 Å². The zero-order valence-electron chi connectivity index (χ0n) is 22.7. The molecule has 0 aliphatic rings. The Kier molecular flexibility index (Phi) is 7.47. The van der Waals surface area contributed by atoms with Gasteiger partial charge in [-0.25, -0.2) is 14.8 Å². The van der Waals surface area contributed by atoms with E-state index in [0.29, 0.717) is 30.2 Å². The van der Waals surface area contributed by atoms with Crippen LogP contribution in [0.4, 0.5) is 11.4 Å². The molecule has 4 N–H and O–H groups in total. The number of benzene rings is 4. The first kappa shape index (κ1) is 26.9. The Balaban J connectivity index is 1.18. The number of hydrogen-bond acceptors (Lipinski definition) is 6. The van der Waals surface area contributed by atoms with Crippen molar-refractivity contribution in [1.29, 1.82) is 0 Å². The van der Waals surface area contributed by atoms with Crippen molar-refractivity contribution in [2.24, 2.45) is 0 Å². The van der Waals surface area contributed by atoms with Crippen LogP contribution in [0.1, 0.15) is 15.9 Å². The quantitative estimate of drug-likeness (QED) is 0.130. The van der Waals surface area contributed by atoms with Gasteiger partial charge in [0.15, 0.2) is 11.5 Å². The number of nitrogens with zero attached hydrogens (tertiary/aromatic N) is 4. The summed E-state index contributed by atoms with van der Waals surface area (Å²) in [5.41, 5.74) is 7.96. The maximum Gasteiger partial charge on any atom is 0.187 e. The van der Waals surface area contributed by atoms with E-state index in [-0.39, 0.29) is 25.4 Å². The number of ketones is 1. The van der Waals surface area contributed by atoms with Crippen LogP contribution in [0.25, 0.3) is 49.7 Å². The number of hydrogen-bond donors (Lipinski definition) is 4. The topological polar surface area (TPSA) is 122 Å². The first-order chi connectivity index (χ1) is 20.5. The van der Waals surface area contributed by atoms with Crippen LogP contribution in [-0.4, -0.2) is 62.2 Å². The first-order valence-corrected chi connectivity index (χ1v) is 13.6. The summed E-state index contributed by atoms with van der Waals surface area (Å²) in [5.74, 6) is 1.41. The first-order valence-electron chi connectivity index (χ1n) is 13.6. The molecule has 42 heavy (non-hydrogen) atoms. The Morgan fingerprint density at radius 3 is 1.93 bits per heavy atom. The third kappa shape index (κ3) is 5.49. The summed E-state index contributed by atoms with van der Waals surface area (Å²) in [5, 5.41) is 18.6. The van der Waals surface area contributed by atoms with E-state index in [1.165, 1.54) is 0 Å². The maximum absolute atomic E-state index is 13.2. The number of aliphatic hydroxyl groups excluding tert-OH is 2. The van der Waals surface area contributed by atoms with E-state index in [0.717, 1.165) is 50.3 Å². The predicted octanol–water partition coefficient (Wildman–Crippen LogP) is 5.54. The Hall–Kier alpha value is -5.30. The largest absolute Gasteiger partial charge is 0.395 e. The van der Waals surface area contributed by atoms with Crippen LogP contribution in [0.15, 0.2) is 84.9 Å². The lowest BCUT2D eigenvalue weighted by molar-refractivity contribution is 0.0993. The van der Waals surface area contributed by atoms with E-state index in [2.05, 4.69) is 19.8 Å². The van der Waals surface area contributed by atoms with Crippen LogP contribution in [0, 0.1) is 6.57 Å². The lowest BCUT2D eigenvalue weighted by Crippen LogP contribution is -2.29.